The molecule has 9 nitrogen and oxygen atoms in total. The van der Waals surface area contributed by atoms with Crippen molar-refractivity contribution < 1.29 is 27.1 Å². The van der Waals surface area contributed by atoms with Crippen LogP contribution in [0.15, 0.2) is 48.5 Å². The second kappa shape index (κ2) is 9.47. The van der Waals surface area contributed by atoms with E-state index in [9.17, 15) is 17.6 Å². The third kappa shape index (κ3) is 4.62. The Kier molecular flexibility index (Phi) is 6.32. The zero-order valence-electron chi connectivity index (χ0n) is 20.5. The zero-order chi connectivity index (χ0) is 26.3. The molecule has 1 fully saturated rings. The highest BCUT2D eigenvalue weighted by atomic mass is 32.2. The Morgan fingerprint density at radius 3 is 2.59 bits per heavy atom. The van der Waals surface area contributed by atoms with Gasteiger partial charge in [0.2, 0.25) is 0 Å². The predicted octanol–water partition coefficient (Wildman–Crippen LogP) is 4.17. The minimum Gasteiger partial charge on any atom is -0.497 e. The summed E-state index contributed by atoms with van der Waals surface area (Å²) in [5, 5.41) is 7.90. The number of halogens is 1. The summed E-state index contributed by atoms with van der Waals surface area (Å²) in [6.45, 7) is 1.73. The molecule has 4 aromatic rings. The molecule has 0 bridgehead atoms. The first-order valence-corrected chi connectivity index (χ1v) is 13.4. The summed E-state index contributed by atoms with van der Waals surface area (Å²) in [5.41, 5.74) is 1.88. The lowest BCUT2D eigenvalue weighted by Crippen LogP contribution is -2.15. The van der Waals surface area contributed by atoms with Crippen molar-refractivity contribution in [1.29, 1.82) is 0 Å². The summed E-state index contributed by atoms with van der Waals surface area (Å²) in [4.78, 5) is 18.4. The number of hydrogen-bond acceptors (Lipinski definition) is 7. The number of amides is 1. The minimum absolute atomic E-state index is 0.0497. The highest BCUT2D eigenvalue weighted by Gasteiger charge is 2.32. The molecule has 2 aromatic heterocycles. The number of pyridine rings is 1. The molecule has 0 spiro atoms. The summed E-state index contributed by atoms with van der Waals surface area (Å²) in [7, 11) is -0.203. The number of fused-ring (bicyclic) bond motifs is 1. The minimum atomic E-state index is -3.21. The topological polar surface area (TPSA) is 112 Å². The fourth-order valence-corrected chi connectivity index (χ4v) is 6.32. The van der Waals surface area contributed by atoms with Crippen molar-refractivity contribution in [3.63, 3.8) is 0 Å². The van der Waals surface area contributed by atoms with Crippen molar-refractivity contribution in [1.82, 2.24) is 14.8 Å². The number of carbonyl (C=O) groups is 1. The largest absolute Gasteiger partial charge is 0.497 e. The molecule has 1 atom stereocenters. The van der Waals surface area contributed by atoms with E-state index in [2.05, 4.69) is 15.4 Å². The number of aryl methyl sites for hydroxylation is 1. The number of nitrogens with zero attached hydrogens (tertiary/aromatic N) is 3. The number of anilines is 1. The first-order chi connectivity index (χ1) is 17.7. The van der Waals surface area contributed by atoms with E-state index in [-0.39, 0.29) is 28.3 Å². The molecule has 1 aliphatic heterocycles. The molecular weight excluding hydrogens is 499 g/mol. The van der Waals surface area contributed by atoms with Crippen molar-refractivity contribution in [3.05, 3.63) is 65.6 Å². The third-order valence-electron chi connectivity index (χ3n) is 6.44. The Morgan fingerprint density at radius 2 is 1.92 bits per heavy atom. The van der Waals surface area contributed by atoms with E-state index in [1.807, 2.05) is 0 Å². The van der Waals surface area contributed by atoms with Crippen LogP contribution in [0.2, 0.25) is 0 Å². The van der Waals surface area contributed by atoms with Crippen LogP contribution in [0.25, 0.3) is 22.3 Å². The predicted molar refractivity (Wildman–Crippen MR) is 137 cm³/mol. The average Bonchev–Trinajstić information content (AvgIpc) is 3.42. The Balaban J connectivity index is 1.69. The van der Waals surface area contributed by atoms with Gasteiger partial charge in [-0.15, -0.1) is 0 Å². The molecule has 192 valence electrons. The molecule has 3 heterocycles. The monoisotopic (exact) mass is 524 g/mol. The highest BCUT2D eigenvalue weighted by molar-refractivity contribution is 7.91. The van der Waals surface area contributed by atoms with Gasteiger partial charge in [0.1, 0.15) is 17.3 Å². The van der Waals surface area contributed by atoms with Gasteiger partial charge in [-0.2, -0.15) is 5.10 Å². The van der Waals surface area contributed by atoms with Crippen LogP contribution in [0.3, 0.4) is 0 Å². The molecule has 0 saturated carbocycles. The fraction of sp³-hybridized carbons (Fsp3) is 0.269. The zero-order valence-corrected chi connectivity index (χ0v) is 21.3. The van der Waals surface area contributed by atoms with Crippen LogP contribution >= 0.6 is 0 Å². The second-order valence-corrected chi connectivity index (χ2v) is 11.1. The van der Waals surface area contributed by atoms with Crippen molar-refractivity contribution >= 4 is 32.5 Å². The smallest absolute Gasteiger partial charge is 0.256 e. The Hall–Kier alpha value is -3.99. The van der Waals surface area contributed by atoms with E-state index in [1.165, 1.54) is 26.4 Å². The Labute approximate surface area is 213 Å². The molecule has 1 saturated heterocycles. The van der Waals surface area contributed by atoms with Gasteiger partial charge in [0.05, 0.1) is 59.8 Å². The lowest BCUT2D eigenvalue weighted by molar-refractivity contribution is 0.102. The molecule has 37 heavy (non-hydrogen) atoms. The highest BCUT2D eigenvalue weighted by Crippen LogP contribution is 2.34. The lowest BCUT2D eigenvalue weighted by Gasteiger charge is -2.14. The van der Waals surface area contributed by atoms with Crippen LogP contribution in [0.1, 0.15) is 28.5 Å². The Morgan fingerprint density at radius 1 is 1.14 bits per heavy atom. The van der Waals surface area contributed by atoms with Gasteiger partial charge < -0.3 is 14.8 Å². The van der Waals surface area contributed by atoms with Gasteiger partial charge in [0, 0.05) is 11.6 Å². The fourth-order valence-electron chi connectivity index (χ4n) is 4.62. The molecule has 1 N–H and O–H groups in total. The van der Waals surface area contributed by atoms with E-state index in [4.69, 9.17) is 9.47 Å². The molecule has 2 aromatic carbocycles. The quantitative estimate of drug-likeness (QED) is 0.403. The van der Waals surface area contributed by atoms with Crippen molar-refractivity contribution in [2.45, 2.75) is 19.4 Å². The molecule has 0 radical (unpaired) electrons. The van der Waals surface area contributed by atoms with E-state index < -0.39 is 27.6 Å². The maximum Gasteiger partial charge on any atom is 0.256 e. The van der Waals surface area contributed by atoms with Gasteiger partial charge >= 0.3 is 0 Å². The van der Waals surface area contributed by atoms with Crippen LogP contribution in [-0.4, -0.2) is 54.8 Å². The summed E-state index contributed by atoms with van der Waals surface area (Å²) < 4.78 is 51.4. The summed E-state index contributed by atoms with van der Waals surface area (Å²) in [6.07, 6.45) is 0.382. The van der Waals surface area contributed by atoms with E-state index in [0.29, 0.717) is 40.3 Å². The van der Waals surface area contributed by atoms with Gasteiger partial charge in [0.25, 0.3) is 5.91 Å². The normalized spacial score (nSPS) is 16.6. The molecule has 1 unspecified atom stereocenters. The van der Waals surface area contributed by atoms with Gasteiger partial charge in [-0.3, -0.25) is 4.79 Å². The number of ether oxygens (including phenoxy) is 2. The summed E-state index contributed by atoms with van der Waals surface area (Å²) in [5.74, 6) is -0.0581. The standard InChI is InChI=1S/C26H25FN4O5S/c1-15-24-19(26(32)29-22-12-17(35-2)8-9-23(22)36-3)13-21(18-6-4-5-7-20(18)27)28-25(24)31(30-15)16-10-11-37(33,34)14-16/h4-9,12-13,16H,10-11,14H2,1-3H3,(H,29,32). The molecule has 5 rings (SSSR count). The molecule has 1 aliphatic rings. The van der Waals surface area contributed by atoms with Gasteiger partial charge in [-0.25, -0.2) is 22.5 Å². The van der Waals surface area contributed by atoms with Crippen LogP contribution in [0.5, 0.6) is 11.5 Å². The number of benzene rings is 2. The molecule has 11 heteroatoms. The van der Waals surface area contributed by atoms with Crippen molar-refractivity contribution in [2.75, 3.05) is 31.0 Å². The molecular formula is C26H25FN4O5S. The summed E-state index contributed by atoms with van der Waals surface area (Å²) in [6, 6.07) is 12.2. The first-order valence-electron chi connectivity index (χ1n) is 11.6. The summed E-state index contributed by atoms with van der Waals surface area (Å²) >= 11 is 0. The molecule has 1 amide bonds. The maximum atomic E-state index is 14.8. The van der Waals surface area contributed by atoms with Crippen LogP contribution in [-0.2, 0) is 9.84 Å². The Bertz CT molecular complexity index is 1630. The maximum absolute atomic E-state index is 14.8. The number of sulfone groups is 1. The third-order valence-corrected chi connectivity index (χ3v) is 8.19. The van der Waals surface area contributed by atoms with Crippen LogP contribution in [0.4, 0.5) is 10.1 Å². The van der Waals surface area contributed by atoms with E-state index in [1.54, 1.807) is 48.0 Å². The van der Waals surface area contributed by atoms with Gasteiger partial charge in [0.15, 0.2) is 15.5 Å². The lowest BCUT2D eigenvalue weighted by atomic mass is 10.0. The first kappa shape index (κ1) is 24.7. The number of rotatable bonds is 6. The van der Waals surface area contributed by atoms with Crippen LogP contribution in [0, 0.1) is 12.7 Å². The number of aromatic nitrogens is 3. The molecule has 0 aliphatic carbocycles. The second-order valence-electron chi connectivity index (χ2n) is 8.84. The van der Waals surface area contributed by atoms with E-state index in [0.717, 1.165) is 0 Å². The number of carbonyl (C=O) groups excluding carboxylic acids is 1. The van der Waals surface area contributed by atoms with Crippen molar-refractivity contribution in [3.8, 4) is 22.8 Å². The SMILES string of the molecule is COc1ccc(OC)c(NC(=O)c2cc(-c3ccccc3F)nc3c2c(C)nn3C2CCS(=O)(=O)C2)c1. The number of hydrogen-bond donors (Lipinski definition) is 1. The van der Waals surface area contributed by atoms with Crippen LogP contribution < -0.4 is 14.8 Å². The number of nitrogens with one attached hydrogen (secondary N) is 1. The van der Waals surface area contributed by atoms with Crippen molar-refractivity contribution in [2.24, 2.45) is 0 Å². The average molecular weight is 525 g/mol. The van der Waals surface area contributed by atoms with Gasteiger partial charge in [-0.05, 0) is 43.7 Å². The van der Waals surface area contributed by atoms with Gasteiger partial charge in [-0.1, -0.05) is 12.1 Å². The van der Waals surface area contributed by atoms with E-state index >= 15 is 0 Å². The number of methoxy groups -OCH3 is 2.